The third-order valence-electron chi connectivity index (χ3n) is 4.36. The normalized spacial score (nSPS) is 25.9. The molecule has 0 saturated heterocycles. The summed E-state index contributed by atoms with van der Waals surface area (Å²) in [5.74, 6) is 0.608. The number of hydrogen-bond acceptors (Lipinski definition) is 2. The first kappa shape index (κ1) is 15.0. The van der Waals surface area contributed by atoms with Crippen molar-refractivity contribution in [2.75, 3.05) is 0 Å². The van der Waals surface area contributed by atoms with E-state index < -0.39 is 0 Å². The van der Waals surface area contributed by atoms with E-state index in [4.69, 9.17) is 4.74 Å². The SMILES string of the molecule is CC(=O)OC(C)C(C)C=CC1CC=C(C)C1(C)C. The fourth-order valence-electron chi connectivity index (χ4n) is 2.31. The maximum absolute atomic E-state index is 10.9. The van der Waals surface area contributed by atoms with Gasteiger partial charge in [-0.3, -0.25) is 4.79 Å². The minimum absolute atomic E-state index is 0.0580. The van der Waals surface area contributed by atoms with Gasteiger partial charge in [-0.25, -0.2) is 0 Å². The molecule has 0 spiro atoms. The highest BCUT2D eigenvalue weighted by atomic mass is 16.5. The lowest BCUT2D eigenvalue weighted by Gasteiger charge is -2.28. The number of allylic oxidation sites excluding steroid dienone is 3. The Hall–Kier alpha value is -1.05. The summed E-state index contributed by atoms with van der Waals surface area (Å²) in [7, 11) is 0. The van der Waals surface area contributed by atoms with Crippen LogP contribution < -0.4 is 0 Å². The second-order valence-electron chi connectivity index (χ2n) is 6.01. The zero-order valence-electron chi connectivity index (χ0n) is 12.5. The van der Waals surface area contributed by atoms with Gasteiger partial charge in [0.15, 0.2) is 0 Å². The first-order valence-corrected chi connectivity index (χ1v) is 6.78. The lowest BCUT2D eigenvalue weighted by atomic mass is 9.77. The van der Waals surface area contributed by atoms with Crippen LogP contribution in [0.4, 0.5) is 0 Å². The van der Waals surface area contributed by atoms with Crippen molar-refractivity contribution in [1.82, 2.24) is 0 Å². The molecule has 1 aliphatic carbocycles. The summed E-state index contributed by atoms with van der Waals surface area (Å²) >= 11 is 0. The molecule has 18 heavy (non-hydrogen) atoms. The van der Waals surface area contributed by atoms with E-state index in [9.17, 15) is 4.79 Å². The van der Waals surface area contributed by atoms with Crippen molar-refractivity contribution in [2.24, 2.45) is 17.3 Å². The summed E-state index contributed by atoms with van der Waals surface area (Å²) in [4.78, 5) is 10.9. The van der Waals surface area contributed by atoms with Crippen LogP contribution in [0.5, 0.6) is 0 Å². The van der Waals surface area contributed by atoms with E-state index in [1.165, 1.54) is 12.5 Å². The zero-order chi connectivity index (χ0) is 13.9. The molecule has 1 rings (SSSR count). The molecular weight excluding hydrogens is 224 g/mol. The van der Waals surface area contributed by atoms with Gasteiger partial charge in [0.2, 0.25) is 0 Å². The number of hydrogen-bond donors (Lipinski definition) is 0. The smallest absolute Gasteiger partial charge is 0.302 e. The van der Waals surface area contributed by atoms with Crippen LogP contribution in [0, 0.1) is 17.3 Å². The Bertz CT molecular complexity index is 363. The molecule has 3 atom stereocenters. The third kappa shape index (κ3) is 3.47. The maximum atomic E-state index is 10.9. The van der Waals surface area contributed by atoms with Crippen molar-refractivity contribution < 1.29 is 9.53 Å². The van der Waals surface area contributed by atoms with Crippen LogP contribution in [0.25, 0.3) is 0 Å². The van der Waals surface area contributed by atoms with Crippen LogP contribution >= 0.6 is 0 Å². The highest BCUT2D eigenvalue weighted by molar-refractivity contribution is 5.66. The molecule has 3 unspecified atom stereocenters. The number of ether oxygens (including phenoxy) is 1. The Morgan fingerprint density at radius 1 is 1.50 bits per heavy atom. The average molecular weight is 250 g/mol. The van der Waals surface area contributed by atoms with Crippen molar-refractivity contribution in [3.05, 3.63) is 23.8 Å². The molecule has 0 radical (unpaired) electrons. The molecule has 0 N–H and O–H groups in total. The Morgan fingerprint density at radius 3 is 2.56 bits per heavy atom. The third-order valence-corrected chi connectivity index (χ3v) is 4.36. The summed E-state index contributed by atoms with van der Waals surface area (Å²) in [6.07, 6.45) is 7.86. The summed E-state index contributed by atoms with van der Waals surface area (Å²) in [6, 6.07) is 0. The van der Waals surface area contributed by atoms with Gasteiger partial charge in [0.05, 0.1) is 0 Å². The predicted octanol–water partition coefficient (Wildman–Crippen LogP) is 4.12. The van der Waals surface area contributed by atoms with Gasteiger partial charge in [0, 0.05) is 12.8 Å². The van der Waals surface area contributed by atoms with Crippen molar-refractivity contribution in [2.45, 2.75) is 54.1 Å². The Labute approximate surface area is 111 Å². The Morgan fingerprint density at radius 2 is 2.11 bits per heavy atom. The van der Waals surface area contributed by atoms with E-state index in [0.29, 0.717) is 5.92 Å². The summed E-state index contributed by atoms with van der Waals surface area (Å²) in [5.41, 5.74) is 1.72. The van der Waals surface area contributed by atoms with Gasteiger partial charge < -0.3 is 4.74 Å². The quantitative estimate of drug-likeness (QED) is 0.554. The molecule has 0 saturated carbocycles. The van der Waals surface area contributed by atoms with Crippen molar-refractivity contribution >= 4 is 5.97 Å². The second kappa shape index (κ2) is 5.73. The molecule has 0 aromatic heterocycles. The highest BCUT2D eigenvalue weighted by Crippen LogP contribution is 2.43. The molecule has 2 heteroatoms. The van der Waals surface area contributed by atoms with E-state index >= 15 is 0 Å². The first-order chi connectivity index (χ1) is 8.25. The molecule has 1 aliphatic rings. The number of carbonyl (C=O) groups excluding carboxylic acids is 1. The number of rotatable bonds is 4. The predicted molar refractivity (Wildman–Crippen MR) is 75.2 cm³/mol. The summed E-state index contributed by atoms with van der Waals surface area (Å²) in [5, 5.41) is 0. The molecule has 102 valence electrons. The van der Waals surface area contributed by atoms with Crippen LogP contribution in [-0.4, -0.2) is 12.1 Å². The monoisotopic (exact) mass is 250 g/mol. The highest BCUT2D eigenvalue weighted by Gasteiger charge is 2.33. The van der Waals surface area contributed by atoms with Gasteiger partial charge in [0.1, 0.15) is 6.10 Å². The van der Waals surface area contributed by atoms with Gasteiger partial charge in [-0.05, 0) is 31.6 Å². The van der Waals surface area contributed by atoms with E-state index in [-0.39, 0.29) is 23.4 Å². The van der Waals surface area contributed by atoms with Gasteiger partial charge >= 0.3 is 5.97 Å². The molecule has 0 fully saturated rings. The molecule has 0 amide bonds. The van der Waals surface area contributed by atoms with Crippen LogP contribution in [0.3, 0.4) is 0 Å². The largest absolute Gasteiger partial charge is 0.462 e. The fraction of sp³-hybridized carbons (Fsp3) is 0.688. The van der Waals surface area contributed by atoms with Crippen LogP contribution in [0.15, 0.2) is 23.8 Å². The van der Waals surface area contributed by atoms with Crippen molar-refractivity contribution in [3.63, 3.8) is 0 Å². The van der Waals surface area contributed by atoms with Gasteiger partial charge in [0.25, 0.3) is 0 Å². The maximum Gasteiger partial charge on any atom is 0.302 e. The van der Waals surface area contributed by atoms with Crippen LogP contribution in [-0.2, 0) is 9.53 Å². The number of carbonyl (C=O) groups is 1. The summed E-state index contributed by atoms with van der Waals surface area (Å²) < 4.78 is 5.20. The van der Waals surface area contributed by atoms with Crippen LogP contribution in [0.2, 0.25) is 0 Å². The topological polar surface area (TPSA) is 26.3 Å². The zero-order valence-corrected chi connectivity index (χ0v) is 12.5. The Kier molecular flexibility index (Phi) is 4.78. The fourth-order valence-corrected chi connectivity index (χ4v) is 2.31. The Balaban J connectivity index is 2.58. The van der Waals surface area contributed by atoms with E-state index in [0.717, 1.165) is 6.42 Å². The number of esters is 1. The molecule has 0 bridgehead atoms. The lowest BCUT2D eigenvalue weighted by Crippen LogP contribution is -2.21. The second-order valence-corrected chi connectivity index (χ2v) is 6.01. The summed E-state index contributed by atoms with van der Waals surface area (Å²) in [6.45, 7) is 12.3. The van der Waals surface area contributed by atoms with Crippen LogP contribution in [0.1, 0.15) is 48.0 Å². The molecule has 0 aromatic carbocycles. The standard InChI is InChI=1S/C16H26O2/c1-11(13(3)18-14(4)17)7-9-15-10-8-12(2)16(15,5)6/h7-9,11,13,15H,10H2,1-6H3. The van der Waals surface area contributed by atoms with E-state index in [1.54, 1.807) is 0 Å². The van der Waals surface area contributed by atoms with Gasteiger partial charge in [-0.1, -0.05) is 44.6 Å². The van der Waals surface area contributed by atoms with E-state index in [2.05, 4.69) is 45.9 Å². The first-order valence-electron chi connectivity index (χ1n) is 6.78. The lowest BCUT2D eigenvalue weighted by molar-refractivity contribution is -0.146. The van der Waals surface area contributed by atoms with Gasteiger partial charge in [-0.15, -0.1) is 0 Å². The van der Waals surface area contributed by atoms with Gasteiger partial charge in [-0.2, -0.15) is 0 Å². The van der Waals surface area contributed by atoms with Crippen molar-refractivity contribution in [3.8, 4) is 0 Å². The average Bonchev–Trinajstić information content (AvgIpc) is 2.50. The molecule has 0 aromatic rings. The molecule has 0 heterocycles. The minimum atomic E-state index is -0.207. The molecule has 2 nitrogen and oxygen atoms in total. The molecule has 0 aliphatic heterocycles. The minimum Gasteiger partial charge on any atom is -0.462 e. The van der Waals surface area contributed by atoms with Crippen molar-refractivity contribution in [1.29, 1.82) is 0 Å². The molecular formula is C16H26O2. The van der Waals surface area contributed by atoms with E-state index in [1.807, 2.05) is 6.92 Å².